The quantitative estimate of drug-likeness (QED) is 0.729. The number of rotatable bonds is 6. The molecule has 2 N–H and O–H groups in total. The van der Waals surface area contributed by atoms with E-state index in [9.17, 15) is 14.4 Å². The van der Waals surface area contributed by atoms with Crippen LogP contribution in [0.4, 0.5) is 0 Å². The third-order valence-corrected chi connectivity index (χ3v) is 3.73. The lowest BCUT2D eigenvalue weighted by molar-refractivity contribution is -0.145. The number of methoxy groups -OCH3 is 2. The topological polar surface area (TPSA) is 93.7 Å². The molecule has 7 heteroatoms. The Bertz CT molecular complexity index is 602. The summed E-state index contributed by atoms with van der Waals surface area (Å²) in [5.74, 6) is -0.468. The second-order valence-corrected chi connectivity index (χ2v) is 5.26. The van der Waals surface area contributed by atoms with E-state index < -0.39 is 18.1 Å². The van der Waals surface area contributed by atoms with Gasteiger partial charge in [-0.15, -0.1) is 0 Å². The number of amides is 2. The SMILES string of the molecule is COC(=O)[C@H](Cc1ccccc1OC)NC(=O)[C@@H]1CCC(=O)N1. The van der Waals surface area contributed by atoms with Gasteiger partial charge >= 0.3 is 5.97 Å². The molecule has 0 aliphatic carbocycles. The van der Waals surface area contributed by atoms with E-state index in [4.69, 9.17) is 9.47 Å². The maximum Gasteiger partial charge on any atom is 0.328 e. The maximum atomic E-state index is 12.2. The molecule has 1 aromatic carbocycles. The van der Waals surface area contributed by atoms with Gasteiger partial charge in [0.15, 0.2) is 0 Å². The molecular weight excluding hydrogens is 300 g/mol. The molecular formula is C16H20N2O5. The molecule has 1 heterocycles. The molecule has 124 valence electrons. The standard InChI is InChI=1S/C16H20N2O5/c1-22-13-6-4-3-5-10(13)9-12(16(21)23-2)18-15(20)11-7-8-14(19)17-11/h3-6,11-12H,7-9H2,1-2H3,(H,17,19)(H,18,20)/t11-,12-/m0/s1. The highest BCUT2D eigenvalue weighted by Gasteiger charge is 2.31. The van der Waals surface area contributed by atoms with Crippen LogP contribution in [0.25, 0.3) is 0 Å². The molecule has 0 spiro atoms. The van der Waals surface area contributed by atoms with Crippen molar-refractivity contribution in [3.05, 3.63) is 29.8 Å². The molecule has 0 bridgehead atoms. The van der Waals surface area contributed by atoms with Crippen molar-refractivity contribution >= 4 is 17.8 Å². The van der Waals surface area contributed by atoms with Crippen LogP contribution in [0.3, 0.4) is 0 Å². The summed E-state index contributed by atoms with van der Waals surface area (Å²) in [6.07, 6.45) is 0.976. The lowest BCUT2D eigenvalue weighted by Gasteiger charge is -2.20. The second kappa shape index (κ2) is 7.62. The summed E-state index contributed by atoms with van der Waals surface area (Å²) < 4.78 is 10.0. The number of para-hydroxylation sites is 1. The molecule has 2 amide bonds. The normalized spacial score (nSPS) is 18.0. The van der Waals surface area contributed by atoms with Crippen LogP contribution in [0.15, 0.2) is 24.3 Å². The van der Waals surface area contributed by atoms with E-state index in [0.29, 0.717) is 18.6 Å². The minimum atomic E-state index is -0.846. The molecule has 0 radical (unpaired) electrons. The minimum Gasteiger partial charge on any atom is -0.496 e. The van der Waals surface area contributed by atoms with Crippen LogP contribution in [0.1, 0.15) is 18.4 Å². The van der Waals surface area contributed by atoms with Gasteiger partial charge in [-0.2, -0.15) is 0 Å². The monoisotopic (exact) mass is 320 g/mol. The van der Waals surface area contributed by atoms with Crippen molar-refractivity contribution in [3.8, 4) is 5.75 Å². The zero-order valence-corrected chi connectivity index (χ0v) is 13.1. The Hall–Kier alpha value is -2.57. The molecule has 2 rings (SSSR count). The fourth-order valence-electron chi connectivity index (χ4n) is 2.51. The molecule has 0 unspecified atom stereocenters. The van der Waals surface area contributed by atoms with E-state index in [0.717, 1.165) is 5.56 Å². The summed E-state index contributed by atoms with van der Waals surface area (Å²) in [5, 5.41) is 5.22. The summed E-state index contributed by atoms with van der Waals surface area (Å²) in [7, 11) is 2.81. The molecule has 0 saturated carbocycles. The van der Waals surface area contributed by atoms with Gasteiger partial charge in [-0.1, -0.05) is 18.2 Å². The first kappa shape index (κ1) is 16.8. The molecule has 1 aliphatic heterocycles. The molecule has 1 aromatic rings. The largest absolute Gasteiger partial charge is 0.496 e. The molecule has 1 fully saturated rings. The first-order chi connectivity index (χ1) is 11.0. The van der Waals surface area contributed by atoms with Gasteiger partial charge in [0.25, 0.3) is 0 Å². The van der Waals surface area contributed by atoms with Crippen LogP contribution in [0.2, 0.25) is 0 Å². The molecule has 1 saturated heterocycles. The first-order valence-electron chi connectivity index (χ1n) is 7.34. The smallest absolute Gasteiger partial charge is 0.328 e. The maximum absolute atomic E-state index is 12.2. The van der Waals surface area contributed by atoms with Gasteiger partial charge in [0, 0.05) is 12.8 Å². The van der Waals surface area contributed by atoms with Crippen molar-refractivity contribution in [3.63, 3.8) is 0 Å². The Balaban J connectivity index is 2.09. The number of ether oxygens (including phenoxy) is 2. The highest BCUT2D eigenvalue weighted by atomic mass is 16.5. The van der Waals surface area contributed by atoms with Gasteiger partial charge in [-0.25, -0.2) is 4.79 Å². The average molecular weight is 320 g/mol. The predicted octanol–water partition coefficient (Wildman–Crippen LogP) is 0.174. The fourth-order valence-corrected chi connectivity index (χ4v) is 2.51. The molecule has 23 heavy (non-hydrogen) atoms. The van der Waals surface area contributed by atoms with E-state index in [2.05, 4.69) is 10.6 Å². The van der Waals surface area contributed by atoms with Gasteiger partial charge in [0.05, 0.1) is 14.2 Å². The van der Waals surface area contributed by atoms with E-state index in [1.54, 1.807) is 13.2 Å². The van der Waals surface area contributed by atoms with Gasteiger partial charge in [-0.3, -0.25) is 9.59 Å². The lowest BCUT2D eigenvalue weighted by atomic mass is 10.0. The van der Waals surface area contributed by atoms with Gasteiger partial charge in [0.2, 0.25) is 11.8 Å². The third kappa shape index (κ3) is 4.21. The number of nitrogens with one attached hydrogen (secondary N) is 2. The van der Waals surface area contributed by atoms with Crippen LogP contribution in [0.5, 0.6) is 5.75 Å². The van der Waals surface area contributed by atoms with Crippen molar-refractivity contribution in [1.29, 1.82) is 0 Å². The summed E-state index contributed by atoms with van der Waals surface area (Å²) in [5.41, 5.74) is 0.779. The van der Waals surface area contributed by atoms with Gasteiger partial charge in [-0.05, 0) is 18.1 Å². The molecule has 1 aliphatic rings. The minimum absolute atomic E-state index is 0.163. The summed E-state index contributed by atoms with van der Waals surface area (Å²) in [6, 6.07) is 5.79. The van der Waals surface area contributed by atoms with E-state index >= 15 is 0 Å². The Morgan fingerprint density at radius 3 is 2.70 bits per heavy atom. The number of carbonyl (C=O) groups is 3. The lowest BCUT2D eigenvalue weighted by Crippen LogP contribution is -2.50. The highest BCUT2D eigenvalue weighted by molar-refractivity contribution is 5.93. The van der Waals surface area contributed by atoms with Crippen LogP contribution < -0.4 is 15.4 Å². The van der Waals surface area contributed by atoms with Gasteiger partial charge < -0.3 is 20.1 Å². The number of carbonyl (C=O) groups excluding carboxylic acids is 3. The van der Waals surface area contributed by atoms with Crippen molar-refractivity contribution in [2.24, 2.45) is 0 Å². The molecule has 0 aromatic heterocycles. The number of hydrogen-bond donors (Lipinski definition) is 2. The Labute approximate surface area is 134 Å². The first-order valence-corrected chi connectivity index (χ1v) is 7.34. The number of hydrogen-bond acceptors (Lipinski definition) is 5. The zero-order valence-electron chi connectivity index (χ0n) is 13.1. The van der Waals surface area contributed by atoms with E-state index in [1.165, 1.54) is 7.11 Å². The highest BCUT2D eigenvalue weighted by Crippen LogP contribution is 2.19. The van der Waals surface area contributed by atoms with Crippen LogP contribution in [-0.4, -0.2) is 44.1 Å². The number of esters is 1. The zero-order chi connectivity index (χ0) is 16.8. The summed E-state index contributed by atoms with van der Waals surface area (Å²) in [6.45, 7) is 0. The third-order valence-electron chi connectivity index (χ3n) is 3.73. The van der Waals surface area contributed by atoms with Crippen LogP contribution in [-0.2, 0) is 25.5 Å². The molecule has 2 atom stereocenters. The second-order valence-electron chi connectivity index (χ2n) is 5.26. The van der Waals surface area contributed by atoms with Crippen molar-refractivity contribution in [2.45, 2.75) is 31.3 Å². The molecule has 7 nitrogen and oxygen atoms in total. The van der Waals surface area contributed by atoms with Crippen molar-refractivity contribution < 1.29 is 23.9 Å². The van der Waals surface area contributed by atoms with E-state index in [-0.39, 0.29) is 18.2 Å². The Kier molecular flexibility index (Phi) is 5.56. The summed E-state index contributed by atoms with van der Waals surface area (Å²) in [4.78, 5) is 35.4. The van der Waals surface area contributed by atoms with Crippen molar-refractivity contribution in [1.82, 2.24) is 10.6 Å². The Morgan fingerprint density at radius 2 is 2.09 bits per heavy atom. The number of benzene rings is 1. The predicted molar refractivity (Wildman–Crippen MR) is 81.8 cm³/mol. The van der Waals surface area contributed by atoms with Gasteiger partial charge in [0.1, 0.15) is 17.8 Å². The average Bonchev–Trinajstić information content (AvgIpc) is 3.00. The van der Waals surface area contributed by atoms with E-state index in [1.807, 2.05) is 18.2 Å². The van der Waals surface area contributed by atoms with Crippen LogP contribution >= 0.6 is 0 Å². The van der Waals surface area contributed by atoms with Crippen LogP contribution in [0, 0.1) is 0 Å². The Morgan fingerprint density at radius 1 is 1.35 bits per heavy atom. The van der Waals surface area contributed by atoms with Crippen molar-refractivity contribution in [2.75, 3.05) is 14.2 Å². The summed E-state index contributed by atoms with van der Waals surface area (Å²) >= 11 is 0. The fraction of sp³-hybridized carbons (Fsp3) is 0.438.